The lowest BCUT2D eigenvalue weighted by atomic mass is 10.1. The van der Waals surface area contributed by atoms with Gasteiger partial charge in [-0.05, 0) is 48.9 Å². The van der Waals surface area contributed by atoms with Crippen molar-refractivity contribution < 1.29 is 19.0 Å². The van der Waals surface area contributed by atoms with Gasteiger partial charge in [-0.1, -0.05) is 30.3 Å². The average Bonchev–Trinajstić information content (AvgIpc) is 3.30. The average molecular weight is 429 g/mol. The van der Waals surface area contributed by atoms with Crippen molar-refractivity contribution in [2.45, 2.75) is 13.5 Å². The highest BCUT2D eigenvalue weighted by molar-refractivity contribution is 5.89. The fourth-order valence-corrected chi connectivity index (χ4v) is 3.17. The number of benzene rings is 2. The topological polar surface area (TPSA) is 75.5 Å². The van der Waals surface area contributed by atoms with Crippen molar-refractivity contribution >= 4 is 5.97 Å². The van der Waals surface area contributed by atoms with Gasteiger partial charge in [-0.3, -0.25) is 0 Å². The number of aromatic nitrogens is 3. The van der Waals surface area contributed by atoms with Crippen molar-refractivity contribution in [3.63, 3.8) is 0 Å². The first-order chi connectivity index (χ1) is 15.7. The molecule has 0 fully saturated rings. The smallest absolute Gasteiger partial charge is 0.358 e. The second kappa shape index (κ2) is 9.78. The number of hydrogen-bond donors (Lipinski definition) is 0. The lowest BCUT2D eigenvalue weighted by molar-refractivity contribution is 0.0519. The Kier molecular flexibility index (Phi) is 6.46. The van der Waals surface area contributed by atoms with Crippen molar-refractivity contribution in [1.29, 1.82) is 0 Å². The van der Waals surface area contributed by atoms with E-state index in [0.29, 0.717) is 18.2 Å². The Morgan fingerprint density at radius 1 is 1.00 bits per heavy atom. The largest absolute Gasteiger partial charge is 0.489 e. The zero-order valence-electron chi connectivity index (χ0n) is 17.9. The Labute approximate surface area is 186 Å². The first kappa shape index (κ1) is 21.1. The maximum absolute atomic E-state index is 12.3. The minimum absolute atomic E-state index is 0.224. The summed E-state index contributed by atoms with van der Waals surface area (Å²) in [7, 11) is 1.56. The van der Waals surface area contributed by atoms with Crippen molar-refractivity contribution in [2.24, 2.45) is 0 Å². The van der Waals surface area contributed by atoms with Crippen LogP contribution in [0.1, 0.15) is 23.0 Å². The van der Waals surface area contributed by atoms with E-state index in [1.165, 1.54) is 0 Å². The Morgan fingerprint density at radius 3 is 2.44 bits per heavy atom. The normalized spacial score (nSPS) is 10.6. The van der Waals surface area contributed by atoms with Crippen LogP contribution in [0.25, 0.3) is 16.9 Å². The molecule has 0 aliphatic heterocycles. The summed E-state index contributed by atoms with van der Waals surface area (Å²) in [6.45, 7) is 2.53. The van der Waals surface area contributed by atoms with Crippen LogP contribution in [0.15, 0.2) is 79.0 Å². The quantitative estimate of drug-likeness (QED) is 0.378. The highest BCUT2D eigenvalue weighted by atomic mass is 16.5. The summed E-state index contributed by atoms with van der Waals surface area (Å²) in [5.41, 5.74) is 3.62. The molecule has 162 valence electrons. The number of pyridine rings is 1. The van der Waals surface area contributed by atoms with Gasteiger partial charge in [-0.15, -0.1) is 0 Å². The van der Waals surface area contributed by atoms with Gasteiger partial charge in [0.15, 0.2) is 5.69 Å². The van der Waals surface area contributed by atoms with Crippen LogP contribution in [0.3, 0.4) is 0 Å². The van der Waals surface area contributed by atoms with Crippen LogP contribution in [0.2, 0.25) is 0 Å². The molecular weight excluding hydrogens is 406 g/mol. The highest BCUT2D eigenvalue weighted by Crippen LogP contribution is 2.27. The number of nitrogens with zero attached hydrogens (tertiary/aromatic N) is 3. The SMILES string of the molecule is CCOC(=O)c1cc(-c2ccc(OCc3ccccc3)cc2)n(-c2ccc(OC)nc2)n1. The number of methoxy groups -OCH3 is 1. The number of ether oxygens (including phenoxy) is 3. The molecule has 7 nitrogen and oxygen atoms in total. The van der Waals surface area contributed by atoms with Gasteiger partial charge in [0.05, 0.1) is 31.3 Å². The number of esters is 1. The molecule has 0 saturated heterocycles. The van der Waals surface area contributed by atoms with E-state index >= 15 is 0 Å². The molecule has 0 bridgehead atoms. The van der Waals surface area contributed by atoms with Crippen LogP contribution in [0.5, 0.6) is 11.6 Å². The first-order valence-corrected chi connectivity index (χ1v) is 10.2. The van der Waals surface area contributed by atoms with Gasteiger partial charge in [0, 0.05) is 11.6 Å². The predicted molar refractivity (Wildman–Crippen MR) is 120 cm³/mol. The van der Waals surface area contributed by atoms with Crippen molar-refractivity contribution in [2.75, 3.05) is 13.7 Å². The van der Waals surface area contributed by atoms with Crippen LogP contribution < -0.4 is 9.47 Å². The third-order valence-corrected chi connectivity index (χ3v) is 4.77. The molecule has 0 aliphatic rings. The molecule has 0 N–H and O–H groups in total. The minimum Gasteiger partial charge on any atom is -0.489 e. The van der Waals surface area contributed by atoms with Crippen LogP contribution in [0.4, 0.5) is 0 Å². The molecular formula is C25H23N3O4. The molecule has 2 aromatic carbocycles. The molecule has 4 rings (SSSR count). The van der Waals surface area contributed by atoms with Crippen molar-refractivity contribution in [3.05, 3.63) is 90.3 Å². The summed E-state index contributed by atoms with van der Waals surface area (Å²) in [6, 6.07) is 22.9. The molecule has 32 heavy (non-hydrogen) atoms. The minimum atomic E-state index is -0.475. The summed E-state index contributed by atoms with van der Waals surface area (Å²) < 4.78 is 17.8. The number of carbonyl (C=O) groups is 1. The van der Waals surface area contributed by atoms with Gasteiger partial charge in [0.25, 0.3) is 0 Å². The van der Waals surface area contributed by atoms with E-state index in [0.717, 1.165) is 22.6 Å². The maximum Gasteiger partial charge on any atom is 0.358 e. The lowest BCUT2D eigenvalue weighted by Gasteiger charge is -2.10. The third-order valence-electron chi connectivity index (χ3n) is 4.77. The van der Waals surface area contributed by atoms with E-state index < -0.39 is 5.97 Å². The Bertz CT molecular complexity index is 1170. The monoisotopic (exact) mass is 429 g/mol. The Hall–Kier alpha value is -4.13. The molecule has 0 saturated carbocycles. The number of carbonyl (C=O) groups excluding carboxylic acids is 1. The number of hydrogen-bond acceptors (Lipinski definition) is 6. The predicted octanol–water partition coefficient (Wildman–Crippen LogP) is 4.70. The van der Waals surface area contributed by atoms with E-state index in [9.17, 15) is 4.79 Å². The van der Waals surface area contributed by atoms with Crippen LogP contribution in [-0.4, -0.2) is 34.5 Å². The van der Waals surface area contributed by atoms with E-state index in [2.05, 4.69) is 10.1 Å². The van der Waals surface area contributed by atoms with Gasteiger partial charge in [0.2, 0.25) is 5.88 Å². The number of rotatable bonds is 8. The molecule has 0 radical (unpaired) electrons. The molecule has 0 spiro atoms. The summed E-state index contributed by atoms with van der Waals surface area (Å²) in [5, 5.41) is 4.46. The Balaban J connectivity index is 1.62. The van der Waals surface area contributed by atoms with Crippen LogP contribution in [-0.2, 0) is 11.3 Å². The molecule has 2 aromatic heterocycles. The van der Waals surface area contributed by atoms with Gasteiger partial charge >= 0.3 is 5.97 Å². The summed E-state index contributed by atoms with van der Waals surface area (Å²) in [4.78, 5) is 16.5. The van der Waals surface area contributed by atoms with Gasteiger partial charge in [-0.25, -0.2) is 14.5 Å². The van der Waals surface area contributed by atoms with E-state index in [-0.39, 0.29) is 12.3 Å². The summed E-state index contributed by atoms with van der Waals surface area (Å²) >= 11 is 0. The van der Waals surface area contributed by atoms with E-state index in [1.807, 2.05) is 60.7 Å². The molecule has 0 atom stereocenters. The fourth-order valence-electron chi connectivity index (χ4n) is 3.17. The molecule has 0 aliphatic carbocycles. The standard InChI is InChI=1S/C25H23N3O4/c1-3-31-25(29)22-15-23(28(27-22)20-11-14-24(30-2)26-16-20)19-9-12-21(13-10-19)32-17-18-7-5-4-6-8-18/h4-16H,3,17H2,1-2H3. The molecule has 4 aromatic rings. The van der Waals surface area contributed by atoms with Crippen LogP contribution in [0, 0.1) is 0 Å². The third kappa shape index (κ3) is 4.78. The van der Waals surface area contributed by atoms with Gasteiger partial charge in [0.1, 0.15) is 12.4 Å². The van der Waals surface area contributed by atoms with E-state index in [1.54, 1.807) is 37.0 Å². The fraction of sp³-hybridized carbons (Fsp3) is 0.160. The maximum atomic E-state index is 12.3. The zero-order chi connectivity index (χ0) is 22.3. The van der Waals surface area contributed by atoms with Gasteiger partial charge in [-0.2, -0.15) is 5.10 Å². The van der Waals surface area contributed by atoms with E-state index in [4.69, 9.17) is 14.2 Å². The van der Waals surface area contributed by atoms with Gasteiger partial charge < -0.3 is 14.2 Å². The molecule has 7 heteroatoms. The molecule has 2 heterocycles. The second-order valence-electron chi connectivity index (χ2n) is 6.90. The second-order valence-corrected chi connectivity index (χ2v) is 6.90. The Morgan fingerprint density at radius 2 is 1.78 bits per heavy atom. The lowest BCUT2D eigenvalue weighted by Crippen LogP contribution is -2.07. The highest BCUT2D eigenvalue weighted by Gasteiger charge is 2.18. The first-order valence-electron chi connectivity index (χ1n) is 10.2. The van der Waals surface area contributed by atoms with Crippen molar-refractivity contribution in [1.82, 2.24) is 14.8 Å². The zero-order valence-corrected chi connectivity index (χ0v) is 17.9. The molecule has 0 unspecified atom stereocenters. The summed E-state index contributed by atoms with van der Waals surface area (Å²) in [5.74, 6) is 0.769. The van der Waals surface area contributed by atoms with Crippen molar-refractivity contribution in [3.8, 4) is 28.6 Å². The van der Waals surface area contributed by atoms with Crippen LogP contribution >= 0.6 is 0 Å². The molecule has 0 amide bonds. The summed E-state index contributed by atoms with van der Waals surface area (Å²) in [6.07, 6.45) is 1.64.